The van der Waals surface area contributed by atoms with Crippen LogP contribution in [0, 0.1) is 12.8 Å². The summed E-state index contributed by atoms with van der Waals surface area (Å²) >= 11 is 1.21. The fourth-order valence-corrected chi connectivity index (χ4v) is 3.40. The van der Waals surface area contributed by atoms with E-state index in [-0.39, 0.29) is 5.92 Å². The van der Waals surface area contributed by atoms with Gasteiger partial charge in [-0.25, -0.2) is 14.6 Å². The second kappa shape index (κ2) is 9.98. The Morgan fingerprint density at radius 2 is 1.89 bits per heavy atom. The molecule has 7 nitrogen and oxygen atoms in total. The number of benzene rings is 1. The van der Waals surface area contributed by atoms with Crippen LogP contribution in [0.1, 0.15) is 34.9 Å². The number of carbonyl (C=O) groups excluding carboxylic acids is 3. The first-order valence-corrected chi connectivity index (χ1v) is 9.76. The summed E-state index contributed by atoms with van der Waals surface area (Å²) in [5.74, 6) is -1.83. The minimum atomic E-state index is -0.785. The Kier molecular flexibility index (Phi) is 7.69. The topological polar surface area (TPSA) is 94.6 Å². The molecule has 150 valence electrons. The van der Waals surface area contributed by atoms with Crippen molar-refractivity contribution in [1.82, 2.24) is 10.3 Å². The van der Waals surface area contributed by atoms with Crippen LogP contribution in [0.3, 0.4) is 0 Å². The van der Waals surface area contributed by atoms with Gasteiger partial charge in [0.15, 0.2) is 6.61 Å². The van der Waals surface area contributed by atoms with E-state index >= 15 is 0 Å². The van der Waals surface area contributed by atoms with Gasteiger partial charge in [0, 0.05) is 5.56 Å². The molecule has 0 spiro atoms. The number of carbonyl (C=O) groups is 3. The highest BCUT2D eigenvalue weighted by atomic mass is 32.1. The fraction of sp³-hybridized carbons (Fsp3) is 0.400. The predicted molar refractivity (Wildman–Crippen MR) is 106 cm³/mol. The lowest BCUT2D eigenvalue weighted by Crippen LogP contribution is -2.47. The van der Waals surface area contributed by atoms with E-state index < -0.39 is 30.5 Å². The SMILES string of the molecule is CC[C@H](C)[C@H](NC(=O)COC(=O)c1sc(C)nc1-c1ccccc1)C(=O)OC. The lowest BCUT2D eigenvalue weighted by Gasteiger charge is -2.21. The monoisotopic (exact) mass is 404 g/mol. The first-order chi connectivity index (χ1) is 13.4. The molecule has 8 heteroatoms. The highest BCUT2D eigenvalue weighted by molar-refractivity contribution is 7.14. The Hall–Kier alpha value is -2.74. The molecule has 0 aliphatic rings. The summed E-state index contributed by atoms with van der Waals surface area (Å²) in [6, 6.07) is 8.51. The summed E-state index contributed by atoms with van der Waals surface area (Å²) in [5.41, 5.74) is 1.33. The Morgan fingerprint density at radius 1 is 1.21 bits per heavy atom. The smallest absolute Gasteiger partial charge is 0.351 e. The van der Waals surface area contributed by atoms with E-state index in [9.17, 15) is 14.4 Å². The molecule has 1 N–H and O–H groups in total. The summed E-state index contributed by atoms with van der Waals surface area (Å²) in [6.45, 7) is 5.05. The number of ether oxygens (including phenoxy) is 2. The molecule has 0 saturated carbocycles. The Morgan fingerprint density at radius 3 is 2.50 bits per heavy atom. The minimum Gasteiger partial charge on any atom is -0.467 e. The van der Waals surface area contributed by atoms with Crippen LogP contribution in [-0.4, -0.2) is 42.6 Å². The van der Waals surface area contributed by atoms with Gasteiger partial charge in [-0.05, 0) is 12.8 Å². The fourth-order valence-electron chi connectivity index (χ4n) is 2.57. The summed E-state index contributed by atoms with van der Waals surface area (Å²) in [7, 11) is 1.27. The molecule has 28 heavy (non-hydrogen) atoms. The Bertz CT molecular complexity index is 834. The predicted octanol–water partition coefficient (Wildman–Crippen LogP) is 2.98. The summed E-state index contributed by atoms with van der Waals surface area (Å²) in [5, 5.41) is 3.29. The van der Waals surface area contributed by atoms with Crippen molar-refractivity contribution < 1.29 is 23.9 Å². The summed E-state index contributed by atoms with van der Waals surface area (Å²) in [6.07, 6.45) is 0.681. The second-order valence-electron chi connectivity index (χ2n) is 6.31. The average Bonchev–Trinajstić information content (AvgIpc) is 3.11. The van der Waals surface area contributed by atoms with E-state index in [0.29, 0.717) is 17.0 Å². The molecule has 1 amide bonds. The number of nitrogens with one attached hydrogen (secondary N) is 1. The van der Waals surface area contributed by atoms with Crippen molar-refractivity contribution in [3.8, 4) is 11.3 Å². The van der Waals surface area contributed by atoms with Crippen LogP contribution in [0.2, 0.25) is 0 Å². The van der Waals surface area contributed by atoms with E-state index in [1.807, 2.05) is 44.2 Å². The number of hydrogen-bond acceptors (Lipinski definition) is 7. The maximum Gasteiger partial charge on any atom is 0.351 e. The normalized spacial score (nSPS) is 12.7. The molecule has 1 heterocycles. The molecule has 1 aromatic heterocycles. The lowest BCUT2D eigenvalue weighted by molar-refractivity contribution is -0.147. The quantitative estimate of drug-likeness (QED) is 0.680. The highest BCUT2D eigenvalue weighted by Crippen LogP contribution is 2.28. The standard InChI is InChI=1S/C20H24N2O5S/c1-5-12(2)16(19(24)26-4)22-15(23)11-27-20(25)18-17(21-13(3)28-18)14-9-7-6-8-10-14/h6-10,12,16H,5,11H2,1-4H3,(H,22,23)/t12-,16-/m0/s1. The number of aryl methyl sites for hydroxylation is 1. The zero-order valence-electron chi connectivity index (χ0n) is 16.4. The van der Waals surface area contributed by atoms with Gasteiger partial charge in [0.05, 0.1) is 17.8 Å². The van der Waals surface area contributed by atoms with Crippen LogP contribution < -0.4 is 5.32 Å². The van der Waals surface area contributed by atoms with E-state index in [1.165, 1.54) is 18.4 Å². The molecule has 2 rings (SSSR count). The summed E-state index contributed by atoms with van der Waals surface area (Å²) < 4.78 is 9.89. The molecular weight excluding hydrogens is 380 g/mol. The molecule has 0 saturated heterocycles. The first-order valence-electron chi connectivity index (χ1n) is 8.94. The third-order valence-electron chi connectivity index (χ3n) is 4.29. The molecule has 0 radical (unpaired) electrons. The number of rotatable bonds is 8. The Labute approximate surface area is 168 Å². The average molecular weight is 404 g/mol. The van der Waals surface area contributed by atoms with Gasteiger partial charge in [-0.1, -0.05) is 50.6 Å². The van der Waals surface area contributed by atoms with Crippen molar-refractivity contribution in [1.29, 1.82) is 0 Å². The van der Waals surface area contributed by atoms with Gasteiger partial charge < -0.3 is 14.8 Å². The zero-order chi connectivity index (χ0) is 20.7. The number of thiazole rings is 1. The molecule has 0 aliphatic carbocycles. The van der Waals surface area contributed by atoms with Crippen LogP contribution in [0.25, 0.3) is 11.3 Å². The van der Waals surface area contributed by atoms with Gasteiger partial charge in [-0.15, -0.1) is 11.3 Å². The minimum absolute atomic E-state index is 0.110. The van der Waals surface area contributed by atoms with E-state index in [2.05, 4.69) is 10.3 Å². The molecule has 2 atom stereocenters. The highest BCUT2D eigenvalue weighted by Gasteiger charge is 2.27. The van der Waals surface area contributed by atoms with Crippen molar-refractivity contribution in [2.24, 2.45) is 5.92 Å². The largest absolute Gasteiger partial charge is 0.467 e. The van der Waals surface area contributed by atoms with E-state index in [4.69, 9.17) is 9.47 Å². The summed E-state index contributed by atoms with van der Waals surface area (Å²) in [4.78, 5) is 41.3. The molecule has 0 fully saturated rings. The first kappa shape index (κ1) is 21.6. The van der Waals surface area contributed by atoms with Crippen LogP contribution >= 0.6 is 11.3 Å². The van der Waals surface area contributed by atoms with Crippen molar-refractivity contribution in [3.05, 3.63) is 40.2 Å². The zero-order valence-corrected chi connectivity index (χ0v) is 17.2. The maximum atomic E-state index is 12.5. The molecule has 1 aromatic carbocycles. The van der Waals surface area contributed by atoms with Gasteiger partial charge in [0.1, 0.15) is 10.9 Å². The second-order valence-corrected chi connectivity index (χ2v) is 7.51. The number of methoxy groups -OCH3 is 1. The number of aromatic nitrogens is 1. The van der Waals surface area contributed by atoms with Crippen molar-refractivity contribution >= 4 is 29.2 Å². The van der Waals surface area contributed by atoms with Crippen LogP contribution in [0.5, 0.6) is 0 Å². The molecule has 0 bridgehead atoms. The van der Waals surface area contributed by atoms with Crippen LogP contribution in [0.4, 0.5) is 0 Å². The van der Waals surface area contributed by atoms with E-state index in [0.717, 1.165) is 10.6 Å². The maximum absolute atomic E-state index is 12.5. The van der Waals surface area contributed by atoms with Gasteiger partial charge in [-0.2, -0.15) is 0 Å². The lowest BCUT2D eigenvalue weighted by atomic mass is 9.99. The van der Waals surface area contributed by atoms with Gasteiger partial charge in [-0.3, -0.25) is 4.79 Å². The molecule has 2 aromatic rings. The van der Waals surface area contributed by atoms with Gasteiger partial charge in [0.25, 0.3) is 5.91 Å². The number of nitrogens with zero attached hydrogens (tertiary/aromatic N) is 1. The van der Waals surface area contributed by atoms with Gasteiger partial charge >= 0.3 is 11.9 Å². The molecule has 0 aliphatic heterocycles. The third kappa shape index (κ3) is 5.39. The van der Waals surface area contributed by atoms with Crippen LogP contribution in [0.15, 0.2) is 30.3 Å². The van der Waals surface area contributed by atoms with E-state index in [1.54, 1.807) is 6.92 Å². The molecule has 0 unspecified atom stereocenters. The van der Waals surface area contributed by atoms with Gasteiger partial charge in [0.2, 0.25) is 0 Å². The number of esters is 2. The molecular formula is C20H24N2O5S. The number of hydrogen-bond donors (Lipinski definition) is 1. The third-order valence-corrected chi connectivity index (χ3v) is 5.24. The number of amides is 1. The van der Waals surface area contributed by atoms with Crippen molar-refractivity contribution in [3.63, 3.8) is 0 Å². The van der Waals surface area contributed by atoms with Crippen molar-refractivity contribution in [2.75, 3.05) is 13.7 Å². The Balaban J connectivity index is 2.04. The van der Waals surface area contributed by atoms with Crippen LogP contribution in [-0.2, 0) is 19.1 Å². The van der Waals surface area contributed by atoms with Crippen molar-refractivity contribution in [2.45, 2.75) is 33.2 Å².